The van der Waals surface area contributed by atoms with Gasteiger partial charge < -0.3 is 11.1 Å². The predicted molar refractivity (Wildman–Crippen MR) is 69.5 cm³/mol. The molecule has 16 heavy (non-hydrogen) atoms. The second kappa shape index (κ2) is 5.21. The topological polar surface area (TPSA) is 38.0 Å². The smallest absolute Gasteiger partial charge is 0.0360 e. The van der Waals surface area contributed by atoms with E-state index in [9.17, 15) is 0 Å². The molecule has 0 heterocycles. The Hall–Kier alpha value is -1.96. The number of nitrogens with two attached hydrogens (primary N) is 1. The molecule has 0 bridgehead atoms. The molecule has 0 fully saturated rings. The molecule has 2 rings (SSSR count). The Morgan fingerprint density at radius 3 is 2.50 bits per heavy atom. The summed E-state index contributed by atoms with van der Waals surface area (Å²) in [7, 11) is 0. The van der Waals surface area contributed by atoms with Gasteiger partial charge in [0.05, 0.1) is 0 Å². The molecule has 82 valence electrons. The Morgan fingerprint density at radius 1 is 0.938 bits per heavy atom. The van der Waals surface area contributed by atoms with E-state index >= 15 is 0 Å². The highest BCUT2D eigenvalue weighted by atomic mass is 14.9. The maximum absolute atomic E-state index is 5.70. The van der Waals surface area contributed by atoms with Gasteiger partial charge in [-0.25, -0.2) is 0 Å². The van der Waals surface area contributed by atoms with Crippen molar-refractivity contribution in [1.82, 2.24) is 0 Å². The van der Waals surface area contributed by atoms with Crippen LogP contribution in [-0.2, 0) is 6.42 Å². The third-order valence-corrected chi connectivity index (χ3v) is 2.47. The fraction of sp³-hybridized carbons (Fsp3) is 0.143. The number of nitrogens with one attached hydrogen (secondary N) is 1. The van der Waals surface area contributed by atoms with Crippen LogP contribution in [0.15, 0.2) is 54.6 Å². The molecule has 0 aliphatic rings. The quantitative estimate of drug-likeness (QED) is 0.765. The SMILES string of the molecule is Nc1cccc(NCCc2ccccc2)c1. The molecule has 0 atom stereocenters. The van der Waals surface area contributed by atoms with Gasteiger partial charge in [0, 0.05) is 17.9 Å². The third kappa shape index (κ3) is 3.02. The molecule has 0 unspecified atom stereocenters. The molecule has 0 aromatic heterocycles. The summed E-state index contributed by atoms with van der Waals surface area (Å²) < 4.78 is 0. The Kier molecular flexibility index (Phi) is 3.44. The third-order valence-electron chi connectivity index (χ3n) is 2.47. The van der Waals surface area contributed by atoms with Crippen molar-refractivity contribution in [3.05, 3.63) is 60.2 Å². The number of benzene rings is 2. The average molecular weight is 212 g/mol. The van der Waals surface area contributed by atoms with Crippen LogP contribution < -0.4 is 11.1 Å². The van der Waals surface area contributed by atoms with E-state index in [1.165, 1.54) is 5.56 Å². The molecule has 2 nitrogen and oxygen atoms in total. The maximum Gasteiger partial charge on any atom is 0.0360 e. The molecule has 0 saturated heterocycles. The predicted octanol–water partition coefficient (Wildman–Crippen LogP) is 2.92. The van der Waals surface area contributed by atoms with Crippen LogP contribution in [0.4, 0.5) is 11.4 Å². The van der Waals surface area contributed by atoms with E-state index in [1.807, 2.05) is 30.3 Å². The number of nitrogen functional groups attached to an aromatic ring is 1. The van der Waals surface area contributed by atoms with Crippen LogP contribution in [0.25, 0.3) is 0 Å². The largest absolute Gasteiger partial charge is 0.399 e. The van der Waals surface area contributed by atoms with Crippen LogP contribution in [0.3, 0.4) is 0 Å². The lowest BCUT2D eigenvalue weighted by atomic mass is 10.1. The van der Waals surface area contributed by atoms with Crippen molar-refractivity contribution < 1.29 is 0 Å². The number of rotatable bonds is 4. The van der Waals surface area contributed by atoms with Crippen LogP contribution >= 0.6 is 0 Å². The second-order valence-electron chi connectivity index (χ2n) is 3.79. The van der Waals surface area contributed by atoms with Crippen LogP contribution in [-0.4, -0.2) is 6.54 Å². The van der Waals surface area contributed by atoms with Crippen molar-refractivity contribution in [2.24, 2.45) is 0 Å². The molecule has 0 radical (unpaired) electrons. The lowest BCUT2D eigenvalue weighted by molar-refractivity contribution is 1.02. The fourth-order valence-electron chi connectivity index (χ4n) is 1.64. The minimum Gasteiger partial charge on any atom is -0.399 e. The van der Waals surface area contributed by atoms with Crippen LogP contribution in [0, 0.1) is 0 Å². The normalized spacial score (nSPS) is 10.0. The molecule has 2 aromatic carbocycles. The first-order valence-electron chi connectivity index (χ1n) is 5.48. The minimum atomic E-state index is 0.796. The van der Waals surface area contributed by atoms with Crippen molar-refractivity contribution in [2.75, 3.05) is 17.6 Å². The van der Waals surface area contributed by atoms with Gasteiger partial charge in [0.1, 0.15) is 0 Å². The molecule has 2 heteroatoms. The van der Waals surface area contributed by atoms with Crippen LogP contribution in [0.1, 0.15) is 5.56 Å². The standard InChI is InChI=1S/C14H16N2/c15-13-7-4-8-14(11-13)16-10-9-12-5-2-1-3-6-12/h1-8,11,16H,9-10,15H2. The molecule has 0 saturated carbocycles. The molecule has 0 amide bonds. The van der Waals surface area contributed by atoms with E-state index in [1.54, 1.807) is 0 Å². The summed E-state index contributed by atoms with van der Waals surface area (Å²) in [4.78, 5) is 0. The number of hydrogen-bond acceptors (Lipinski definition) is 2. The lowest BCUT2D eigenvalue weighted by Crippen LogP contribution is -2.04. The van der Waals surface area contributed by atoms with Crippen LogP contribution in [0.2, 0.25) is 0 Å². The van der Waals surface area contributed by atoms with Crippen molar-refractivity contribution in [3.8, 4) is 0 Å². The zero-order valence-electron chi connectivity index (χ0n) is 9.19. The Balaban J connectivity index is 1.85. The molecule has 3 N–H and O–H groups in total. The number of anilines is 2. The van der Waals surface area contributed by atoms with Gasteiger partial charge in [-0.05, 0) is 30.2 Å². The van der Waals surface area contributed by atoms with Gasteiger partial charge in [0.15, 0.2) is 0 Å². The monoisotopic (exact) mass is 212 g/mol. The maximum atomic E-state index is 5.70. The summed E-state index contributed by atoms with van der Waals surface area (Å²) in [6, 6.07) is 18.3. The summed E-state index contributed by atoms with van der Waals surface area (Å²) in [5.74, 6) is 0. The first-order chi connectivity index (χ1) is 7.84. The van der Waals surface area contributed by atoms with E-state index in [0.29, 0.717) is 0 Å². The van der Waals surface area contributed by atoms with Gasteiger partial charge in [-0.15, -0.1) is 0 Å². The molecular weight excluding hydrogens is 196 g/mol. The molecular formula is C14H16N2. The van der Waals surface area contributed by atoms with Gasteiger partial charge >= 0.3 is 0 Å². The van der Waals surface area contributed by atoms with Gasteiger partial charge in [0.25, 0.3) is 0 Å². The highest BCUT2D eigenvalue weighted by molar-refractivity contribution is 5.54. The molecule has 0 spiro atoms. The van der Waals surface area contributed by atoms with Crippen molar-refractivity contribution in [3.63, 3.8) is 0 Å². The summed E-state index contributed by atoms with van der Waals surface area (Å²) >= 11 is 0. The average Bonchev–Trinajstić information content (AvgIpc) is 2.30. The minimum absolute atomic E-state index is 0.796. The van der Waals surface area contributed by atoms with Crippen LogP contribution in [0.5, 0.6) is 0 Å². The fourth-order valence-corrected chi connectivity index (χ4v) is 1.64. The van der Waals surface area contributed by atoms with Crippen molar-refractivity contribution in [2.45, 2.75) is 6.42 Å². The van der Waals surface area contributed by atoms with Gasteiger partial charge in [-0.2, -0.15) is 0 Å². The summed E-state index contributed by atoms with van der Waals surface area (Å²) in [5, 5.41) is 3.35. The van der Waals surface area contributed by atoms with Gasteiger partial charge in [-0.1, -0.05) is 36.4 Å². The Bertz CT molecular complexity index is 437. The summed E-state index contributed by atoms with van der Waals surface area (Å²) in [6.45, 7) is 0.924. The van der Waals surface area contributed by atoms with E-state index in [4.69, 9.17) is 5.73 Å². The molecule has 2 aromatic rings. The first-order valence-corrected chi connectivity index (χ1v) is 5.48. The molecule has 0 aliphatic heterocycles. The molecule has 0 aliphatic carbocycles. The summed E-state index contributed by atoms with van der Waals surface area (Å²) in [6.07, 6.45) is 1.02. The second-order valence-corrected chi connectivity index (χ2v) is 3.79. The summed E-state index contributed by atoms with van der Waals surface area (Å²) in [5.41, 5.74) is 8.92. The van der Waals surface area contributed by atoms with Gasteiger partial charge in [0.2, 0.25) is 0 Å². The Morgan fingerprint density at radius 2 is 1.75 bits per heavy atom. The Labute approximate surface area is 96.1 Å². The van der Waals surface area contributed by atoms with Crippen molar-refractivity contribution in [1.29, 1.82) is 0 Å². The first kappa shape index (κ1) is 10.6. The highest BCUT2D eigenvalue weighted by Crippen LogP contribution is 2.11. The van der Waals surface area contributed by atoms with E-state index in [2.05, 4.69) is 29.6 Å². The van der Waals surface area contributed by atoms with E-state index in [0.717, 1.165) is 24.3 Å². The van der Waals surface area contributed by atoms with E-state index < -0.39 is 0 Å². The highest BCUT2D eigenvalue weighted by Gasteiger charge is 1.93. The zero-order chi connectivity index (χ0) is 11.2. The van der Waals surface area contributed by atoms with Crippen molar-refractivity contribution >= 4 is 11.4 Å². The number of hydrogen-bond donors (Lipinski definition) is 2. The van der Waals surface area contributed by atoms with Gasteiger partial charge in [-0.3, -0.25) is 0 Å². The lowest BCUT2D eigenvalue weighted by Gasteiger charge is -2.06. The van der Waals surface area contributed by atoms with E-state index in [-0.39, 0.29) is 0 Å². The zero-order valence-corrected chi connectivity index (χ0v) is 9.19.